The molecule has 2 aromatic rings. The third-order valence-electron chi connectivity index (χ3n) is 2.22. The molecule has 6 heteroatoms. The molecular formula is C12H10ClN3O2. The maximum atomic E-state index is 11.8. The number of amides is 1. The average molecular weight is 264 g/mol. The van der Waals surface area contributed by atoms with Crippen LogP contribution in [-0.4, -0.2) is 23.0 Å². The quantitative estimate of drug-likeness (QED) is 0.923. The zero-order valence-electron chi connectivity index (χ0n) is 9.55. The molecule has 1 amide bonds. The molecule has 0 saturated heterocycles. The van der Waals surface area contributed by atoms with Gasteiger partial charge in [0, 0.05) is 18.5 Å². The number of anilines is 1. The van der Waals surface area contributed by atoms with Crippen LogP contribution in [0.1, 0.15) is 10.5 Å². The molecular weight excluding hydrogens is 254 g/mol. The lowest BCUT2D eigenvalue weighted by molar-refractivity contribution is 0.102. The number of ether oxygens (including phenoxy) is 1. The van der Waals surface area contributed by atoms with Gasteiger partial charge in [-0.25, -0.2) is 4.98 Å². The standard InChI is InChI=1S/C12H10ClN3O2/c1-18-8-2-3-10(9(13)6-8)16-12(17)11-7-14-4-5-15-11/h2-7H,1H3,(H,16,17). The van der Waals surface area contributed by atoms with E-state index >= 15 is 0 Å². The molecule has 5 nitrogen and oxygen atoms in total. The van der Waals surface area contributed by atoms with E-state index in [9.17, 15) is 4.79 Å². The Hall–Kier alpha value is -2.14. The minimum Gasteiger partial charge on any atom is -0.497 e. The van der Waals surface area contributed by atoms with Crippen LogP contribution >= 0.6 is 11.6 Å². The molecule has 1 heterocycles. The number of benzene rings is 1. The van der Waals surface area contributed by atoms with Crippen LogP contribution in [0, 0.1) is 0 Å². The van der Waals surface area contributed by atoms with E-state index in [4.69, 9.17) is 16.3 Å². The first-order valence-electron chi connectivity index (χ1n) is 5.11. The molecule has 1 aromatic carbocycles. The minimum atomic E-state index is -0.366. The summed E-state index contributed by atoms with van der Waals surface area (Å²) in [7, 11) is 1.55. The van der Waals surface area contributed by atoms with Crippen molar-refractivity contribution in [1.82, 2.24) is 9.97 Å². The monoisotopic (exact) mass is 263 g/mol. The summed E-state index contributed by atoms with van der Waals surface area (Å²) in [6.07, 6.45) is 4.33. The predicted octanol–water partition coefficient (Wildman–Crippen LogP) is 2.39. The van der Waals surface area contributed by atoms with Gasteiger partial charge in [0.05, 0.1) is 24.0 Å². The van der Waals surface area contributed by atoms with E-state index in [2.05, 4.69) is 15.3 Å². The summed E-state index contributed by atoms with van der Waals surface area (Å²) >= 11 is 6.01. The van der Waals surface area contributed by atoms with Crippen molar-refractivity contribution in [1.29, 1.82) is 0 Å². The van der Waals surface area contributed by atoms with Gasteiger partial charge >= 0.3 is 0 Å². The normalized spacial score (nSPS) is 9.89. The maximum Gasteiger partial charge on any atom is 0.275 e. The van der Waals surface area contributed by atoms with Gasteiger partial charge in [0.2, 0.25) is 0 Å². The van der Waals surface area contributed by atoms with Gasteiger partial charge in [-0.2, -0.15) is 0 Å². The maximum absolute atomic E-state index is 11.8. The number of hydrogen-bond acceptors (Lipinski definition) is 4. The fourth-order valence-corrected chi connectivity index (χ4v) is 1.54. The van der Waals surface area contributed by atoms with Crippen LogP contribution in [0.25, 0.3) is 0 Å². The Balaban J connectivity index is 2.17. The number of aromatic nitrogens is 2. The molecule has 0 aliphatic carbocycles. The van der Waals surface area contributed by atoms with Gasteiger partial charge in [-0.3, -0.25) is 9.78 Å². The molecule has 0 bridgehead atoms. The summed E-state index contributed by atoms with van der Waals surface area (Å²) in [5.74, 6) is 0.257. The molecule has 0 saturated carbocycles. The highest BCUT2D eigenvalue weighted by Gasteiger charge is 2.10. The SMILES string of the molecule is COc1ccc(NC(=O)c2cnccn2)c(Cl)c1. The Morgan fingerprint density at radius 3 is 2.83 bits per heavy atom. The molecule has 0 fully saturated rings. The molecule has 1 aromatic heterocycles. The molecule has 0 aliphatic rings. The summed E-state index contributed by atoms with van der Waals surface area (Å²) in [4.78, 5) is 19.5. The fourth-order valence-electron chi connectivity index (χ4n) is 1.33. The number of halogens is 1. The van der Waals surface area contributed by atoms with E-state index in [0.29, 0.717) is 16.5 Å². The second-order valence-corrected chi connectivity index (χ2v) is 3.80. The van der Waals surface area contributed by atoms with Crippen molar-refractivity contribution >= 4 is 23.2 Å². The third-order valence-corrected chi connectivity index (χ3v) is 2.53. The van der Waals surface area contributed by atoms with Crippen molar-refractivity contribution in [2.45, 2.75) is 0 Å². The highest BCUT2D eigenvalue weighted by Crippen LogP contribution is 2.26. The van der Waals surface area contributed by atoms with Crippen LogP contribution in [0.5, 0.6) is 5.75 Å². The van der Waals surface area contributed by atoms with Crippen molar-refractivity contribution in [2.24, 2.45) is 0 Å². The smallest absolute Gasteiger partial charge is 0.275 e. The lowest BCUT2D eigenvalue weighted by atomic mass is 10.3. The van der Waals surface area contributed by atoms with Crippen molar-refractivity contribution in [3.63, 3.8) is 0 Å². The van der Waals surface area contributed by atoms with E-state index < -0.39 is 0 Å². The van der Waals surface area contributed by atoms with Crippen LogP contribution < -0.4 is 10.1 Å². The van der Waals surface area contributed by atoms with E-state index in [0.717, 1.165) is 0 Å². The van der Waals surface area contributed by atoms with Crippen LogP contribution in [0.15, 0.2) is 36.8 Å². The van der Waals surface area contributed by atoms with E-state index in [1.54, 1.807) is 25.3 Å². The van der Waals surface area contributed by atoms with Crippen LogP contribution in [0.2, 0.25) is 5.02 Å². The van der Waals surface area contributed by atoms with Crippen molar-refractivity contribution in [3.05, 3.63) is 47.5 Å². The van der Waals surface area contributed by atoms with Crippen molar-refractivity contribution in [3.8, 4) is 5.75 Å². The topological polar surface area (TPSA) is 64.1 Å². The number of methoxy groups -OCH3 is 1. The first-order valence-corrected chi connectivity index (χ1v) is 5.49. The number of carbonyl (C=O) groups excluding carboxylic acids is 1. The van der Waals surface area contributed by atoms with E-state index in [1.165, 1.54) is 18.6 Å². The van der Waals surface area contributed by atoms with Crippen molar-refractivity contribution < 1.29 is 9.53 Å². The largest absolute Gasteiger partial charge is 0.497 e. The number of nitrogens with zero attached hydrogens (tertiary/aromatic N) is 2. The summed E-state index contributed by atoms with van der Waals surface area (Å²) in [5.41, 5.74) is 0.720. The Labute approximate surface area is 109 Å². The van der Waals surface area contributed by atoms with E-state index in [1.807, 2.05) is 0 Å². The average Bonchev–Trinajstić information content (AvgIpc) is 2.42. The van der Waals surface area contributed by atoms with Crippen LogP contribution in [0.3, 0.4) is 0 Å². The summed E-state index contributed by atoms with van der Waals surface area (Å²) in [6.45, 7) is 0. The second kappa shape index (κ2) is 5.46. The molecule has 2 rings (SSSR count). The zero-order valence-corrected chi connectivity index (χ0v) is 10.3. The van der Waals surface area contributed by atoms with Crippen LogP contribution in [0.4, 0.5) is 5.69 Å². The first kappa shape index (κ1) is 12.3. The molecule has 0 radical (unpaired) electrons. The molecule has 92 valence electrons. The van der Waals surface area contributed by atoms with Gasteiger partial charge in [-0.05, 0) is 12.1 Å². The first-order chi connectivity index (χ1) is 8.70. The third kappa shape index (κ3) is 2.75. The molecule has 0 spiro atoms. The Kier molecular flexibility index (Phi) is 3.74. The molecule has 0 unspecified atom stereocenters. The summed E-state index contributed by atoms with van der Waals surface area (Å²) < 4.78 is 5.02. The second-order valence-electron chi connectivity index (χ2n) is 3.39. The van der Waals surface area contributed by atoms with Gasteiger partial charge in [0.1, 0.15) is 11.4 Å². The summed E-state index contributed by atoms with van der Waals surface area (Å²) in [6, 6.07) is 4.99. The minimum absolute atomic E-state index is 0.226. The number of nitrogens with one attached hydrogen (secondary N) is 1. The van der Waals surface area contributed by atoms with Gasteiger partial charge in [-0.1, -0.05) is 11.6 Å². The number of hydrogen-bond donors (Lipinski definition) is 1. The van der Waals surface area contributed by atoms with E-state index in [-0.39, 0.29) is 11.6 Å². The molecule has 1 N–H and O–H groups in total. The Morgan fingerprint density at radius 2 is 2.22 bits per heavy atom. The zero-order chi connectivity index (χ0) is 13.0. The highest BCUT2D eigenvalue weighted by molar-refractivity contribution is 6.34. The molecule has 0 atom stereocenters. The lowest BCUT2D eigenvalue weighted by Gasteiger charge is -2.07. The van der Waals surface area contributed by atoms with Gasteiger partial charge in [0.25, 0.3) is 5.91 Å². The summed E-state index contributed by atoms with van der Waals surface area (Å²) in [5, 5.41) is 3.04. The van der Waals surface area contributed by atoms with Gasteiger partial charge in [0.15, 0.2) is 0 Å². The van der Waals surface area contributed by atoms with Gasteiger partial charge in [-0.15, -0.1) is 0 Å². The number of carbonyl (C=O) groups is 1. The number of rotatable bonds is 3. The Bertz CT molecular complexity index is 561. The van der Waals surface area contributed by atoms with Crippen molar-refractivity contribution in [2.75, 3.05) is 12.4 Å². The molecule has 18 heavy (non-hydrogen) atoms. The lowest BCUT2D eigenvalue weighted by Crippen LogP contribution is -2.14. The fraction of sp³-hybridized carbons (Fsp3) is 0.0833. The Morgan fingerprint density at radius 1 is 1.39 bits per heavy atom. The van der Waals surface area contributed by atoms with Gasteiger partial charge < -0.3 is 10.1 Å². The van der Waals surface area contributed by atoms with Crippen LogP contribution in [-0.2, 0) is 0 Å². The predicted molar refractivity (Wildman–Crippen MR) is 68.0 cm³/mol. The molecule has 0 aliphatic heterocycles. The highest BCUT2D eigenvalue weighted by atomic mass is 35.5.